The Labute approximate surface area is 214 Å². The summed E-state index contributed by atoms with van der Waals surface area (Å²) in [5.41, 5.74) is 0.557. The Morgan fingerprint density at radius 1 is 1.14 bits per heavy atom. The molecule has 0 saturated carbocycles. The number of aromatic nitrogens is 2. The van der Waals surface area contributed by atoms with Gasteiger partial charge in [-0.15, -0.1) is 0 Å². The van der Waals surface area contributed by atoms with Gasteiger partial charge in [-0.1, -0.05) is 17.7 Å². The molecule has 2 heterocycles. The third kappa shape index (κ3) is 5.20. The second-order valence-corrected chi connectivity index (χ2v) is 8.47. The summed E-state index contributed by atoms with van der Waals surface area (Å²) < 4.78 is 56.8. The van der Waals surface area contributed by atoms with E-state index in [0.717, 1.165) is 12.1 Å². The van der Waals surface area contributed by atoms with Gasteiger partial charge in [0.15, 0.2) is 11.5 Å². The van der Waals surface area contributed by atoms with Crippen LogP contribution in [0, 0.1) is 0 Å². The van der Waals surface area contributed by atoms with Crippen LogP contribution in [0.15, 0.2) is 36.4 Å². The Morgan fingerprint density at radius 3 is 2.51 bits per heavy atom. The summed E-state index contributed by atoms with van der Waals surface area (Å²) in [4.78, 5) is 25.5. The van der Waals surface area contributed by atoms with Crippen molar-refractivity contribution < 1.29 is 37.0 Å². The van der Waals surface area contributed by atoms with Gasteiger partial charge < -0.3 is 24.8 Å². The standard InChI is InChI=1S/C24H22ClF3N4O5/c1-35-11-16-21(12-4-7-18(36-2)19(8-12)37-3)22-30-23(34)17(32(22)31-16)10-20(33)29-13-5-6-15(25)14(9-13)24(26,27)28/h4-9,17H,10-11H2,1-3H3,(H,29,33)(H,30,34). The number of ether oxygens (including phenoxy) is 3. The van der Waals surface area contributed by atoms with Crippen LogP contribution in [0.3, 0.4) is 0 Å². The van der Waals surface area contributed by atoms with Crippen LogP contribution in [0.4, 0.5) is 24.7 Å². The zero-order valence-corrected chi connectivity index (χ0v) is 20.7. The second kappa shape index (κ2) is 10.3. The van der Waals surface area contributed by atoms with Gasteiger partial charge in [0.25, 0.3) is 5.91 Å². The summed E-state index contributed by atoms with van der Waals surface area (Å²) in [6.07, 6.45) is -5.06. The number of methoxy groups -OCH3 is 3. The van der Waals surface area contributed by atoms with Crippen LogP contribution in [0.2, 0.25) is 5.02 Å². The molecule has 0 aliphatic carbocycles. The maximum atomic E-state index is 13.2. The molecule has 0 bridgehead atoms. The lowest BCUT2D eigenvalue weighted by Crippen LogP contribution is -2.24. The average molecular weight is 539 g/mol. The summed E-state index contributed by atoms with van der Waals surface area (Å²) in [7, 11) is 4.50. The van der Waals surface area contributed by atoms with Crippen LogP contribution in [0.25, 0.3) is 11.1 Å². The minimum atomic E-state index is -4.69. The van der Waals surface area contributed by atoms with E-state index in [1.165, 1.54) is 32.1 Å². The van der Waals surface area contributed by atoms with E-state index < -0.39 is 34.6 Å². The van der Waals surface area contributed by atoms with Crippen molar-refractivity contribution in [1.29, 1.82) is 0 Å². The molecule has 2 amide bonds. The van der Waals surface area contributed by atoms with E-state index in [1.54, 1.807) is 18.2 Å². The Kier molecular flexibility index (Phi) is 7.32. The maximum absolute atomic E-state index is 13.2. The Balaban J connectivity index is 1.63. The number of benzene rings is 2. The van der Waals surface area contributed by atoms with Crippen molar-refractivity contribution in [3.63, 3.8) is 0 Å². The highest BCUT2D eigenvalue weighted by molar-refractivity contribution is 6.31. The molecule has 2 aromatic carbocycles. The van der Waals surface area contributed by atoms with Gasteiger partial charge >= 0.3 is 6.18 Å². The van der Waals surface area contributed by atoms with Crippen molar-refractivity contribution in [1.82, 2.24) is 9.78 Å². The number of anilines is 2. The molecule has 3 aromatic rings. The van der Waals surface area contributed by atoms with E-state index in [0.29, 0.717) is 34.1 Å². The molecule has 1 aromatic heterocycles. The van der Waals surface area contributed by atoms with Gasteiger partial charge in [0.2, 0.25) is 5.91 Å². The van der Waals surface area contributed by atoms with Crippen molar-refractivity contribution in [3.8, 4) is 22.6 Å². The third-order valence-corrected chi connectivity index (χ3v) is 6.04. The number of hydrogen-bond donors (Lipinski definition) is 2. The molecule has 1 atom stereocenters. The summed E-state index contributed by atoms with van der Waals surface area (Å²) in [5.74, 6) is 0.158. The zero-order valence-electron chi connectivity index (χ0n) is 19.9. The quantitative estimate of drug-likeness (QED) is 0.422. The monoisotopic (exact) mass is 538 g/mol. The Hall–Kier alpha value is -3.77. The van der Waals surface area contributed by atoms with E-state index in [4.69, 9.17) is 25.8 Å². The number of rotatable bonds is 8. The number of carbonyl (C=O) groups excluding carboxylic acids is 2. The largest absolute Gasteiger partial charge is 0.493 e. The molecule has 1 aliphatic rings. The number of amides is 2. The molecule has 2 N–H and O–H groups in total. The first-order chi connectivity index (χ1) is 17.6. The first-order valence-corrected chi connectivity index (χ1v) is 11.2. The van der Waals surface area contributed by atoms with Crippen LogP contribution in [0.5, 0.6) is 11.5 Å². The third-order valence-electron chi connectivity index (χ3n) is 5.71. The van der Waals surface area contributed by atoms with E-state index in [1.807, 2.05) is 0 Å². The highest BCUT2D eigenvalue weighted by atomic mass is 35.5. The van der Waals surface area contributed by atoms with E-state index in [-0.39, 0.29) is 18.7 Å². The number of nitrogens with one attached hydrogen (secondary N) is 2. The van der Waals surface area contributed by atoms with Crippen molar-refractivity contribution in [2.45, 2.75) is 25.2 Å². The lowest BCUT2D eigenvalue weighted by molar-refractivity contribution is -0.137. The van der Waals surface area contributed by atoms with E-state index in [9.17, 15) is 22.8 Å². The summed E-state index contributed by atoms with van der Waals surface area (Å²) in [6, 6.07) is 7.19. The normalized spacial score (nSPS) is 14.8. The first kappa shape index (κ1) is 26.3. The first-order valence-electron chi connectivity index (χ1n) is 10.9. The van der Waals surface area contributed by atoms with Crippen LogP contribution in [-0.4, -0.2) is 42.9 Å². The molecule has 9 nitrogen and oxygen atoms in total. The highest BCUT2D eigenvalue weighted by Crippen LogP contribution is 2.42. The molecule has 0 spiro atoms. The molecular formula is C24H22ClF3N4O5. The lowest BCUT2D eigenvalue weighted by Gasteiger charge is -2.13. The SMILES string of the molecule is COCc1nn2c(c1-c1ccc(OC)c(OC)c1)NC(=O)C2CC(=O)Nc1ccc(Cl)c(C(F)(F)F)c1. The van der Waals surface area contributed by atoms with Gasteiger partial charge in [-0.2, -0.15) is 18.3 Å². The van der Waals surface area contributed by atoms with Crippen LogP contribution >= 0.6 is 11.6 Å². The zero-order chi connectivity index (χ0) is 26.9. The highest BCUT2D eigenvalue weighted by Gasteiger charge is 2.38. The summed E-state index contributed by atoms with van der Waals surface area (Å²) >= 11 is 5.64. The van der Waals surface area contributed by atoms with Crippen LogP contribution in [-0.2, 0) is 27.1 Å². The number of carbonyl (C=O) groups is 2. The predicted octanol–water partition coefficient (Wildman–Crippen LogP) is 4.91. The van der Waals surface area contributed by atoms with E-state index in [2.05, 4.69) is 15.7 Å². The fourth-order valence-corrected chi connectivity index (χ4v) is 4.28. The van der Waals surface area contributed by atoms with Gasteiger partial charge in [-0.3, -0.25) is 9.59 Å². The lowest BCUT2D eigenvalue weighted by atomic mass is 10.0. The van der Waals surface area contributed by atoms with Crippen LogP contribution in [0.1, 0.15) is 23.7 Å². The average Bonchev–Trinajstić information content (AvgIpc) is 3.34. The van der Waals surface area contributed by atoms with E-state index >= 15 is 0 Å². The van der Waals surface area contributed by atoms with Crippen molar-refractivity contribution in [2.24, 2.45) is 0 Å². The molecule has 4 rings (SSSR count). The molecule has 13 heteroatoms. The van der Waals surface area contributed by atoms with Gasteiger partial charge in [0.05, 0.1) is 49.1 Å². The number of fused-ring (bicyclic) bond motifs is 1. The predicted molar refractivity (Wildman–Crippen MR) is 129 cm³/mol. The van der Waals surface area contributed by atoms with Gasteiger partial charge in [0, 0.05) is 12.8 Å². The molecule has 0 radical (unpaired) electrons. The van der Waals surface area contributed by atoms with Gasteiger partial charge in [-0.05, 0) is 35.9 Å². The van der Waals surface area contributed by atoms with Gasteiger partial charge in [0.1, 0.15) is 11.9 Å². The molecule has 196 valence electrons. The Morgan fingerprint density at radius 2 is 1.86 bits per heavy atom. The van der Waals surface area contributed by atoms with Crippen molar-refractivity contribution in [2.75, 3.05) is 32.0 Å². The topological polar surface area (TPSA) is 104 Å². The number of halogens is 4. The maximum Gasteiger partial charge on any atom is 0.417 e. The molecule has 1 unspecified atom stereocenters. The number of hydrogen-bond acceptors (Lipinski definition) is 6. The smallest absolute Gasteiger partial charge is 0.417 e. The Bertz CT molecular complexity index is 1360. The minimum absolute atomic E-state index is 0.105. The second-order valence-electron chi connectivity index (χ2n) is 8.07. The van der Waals surface area contributed by atoms with Crippen molar-refractivity contribution >= 4 is 34.9 Å². The van der Waals surface area contributed by atoms with Gasteiger partial charge in [-0.25, -0.2) is 4.68 Å². The molecular weight excluding hydrogens is 517 g/mol. The molecule has 0 fully saturated rings. The fraction of sp³-hybridized carbons (Fsp3) is 0.292. The van der Waals surface area contributed by atoms with Crippen molar-refractivity contribution in [3.05, 3.63) is 52.7 Å². The number of alkyl halides is 3. The summed E-state index contributed by atoms with van der Waals surface area (Å²) in [6.45, 7) is 0.115. The minimum Gasteiger partial charge on any atom is -0.493 e. The summed E-state index contributed by atoms with van der Waals surface area (Å²) in [5, 5.41) is 9.15. The molecule has 0 saturated heterocycles. The fourth-order valence-electron chi connectivity index (χ4n) is 4.06. The molecule has 37 heavy (non-hydrogen) atoms. The van der Waals surface area contributed by atoms with Crippen LogP contribution < -0.4 is 20.1 Å². The molecule has 1 aliphatic heterocycles. The number of nitrogens with zero attached hydrogens (tertiary/aromatic N) is 2.